The van der Waals surface area contributed by atoms with E-state index >= 15 is 0 Å². The summed E-state index contributed by atoms with van der Waals surface area (Å²) in [6.45, 7) is 0.376. The highest BCUT2D eigenvalue weighted by Gasteiger charge is 2.08. The van der Waals surface area contributed by atoms with Crippen molar-refractivity contribution in [1.82, 2.24) is 19.3 Å². The number of fused-ring (bicyclic) bond motifs is 1. The van der Waals surface area contributed by atoms with Crippen molar-refractivity contribution in [3.05, 3.63) is 48.5 Å². The average Bonchev–Trinajstić information content (AvgIpc) is 3.04. The molecule has 0 N–H and O–H groups in total. The summed E-state index contributed by atoms with van der Waals surface area (Å²) in [6, 6.07) is 7.84. The predicted octanol–water partition coefficient (Wildman–Crippen LogP) is 1.97. The molecular formula is C15H16N4O. The summed E-state index contributed by atoms with van der Waals surface area (Å²) in [5.74, 6) is 0.206. The molecule has 2 heterocycles. The fourth-order valence-electron chi connectivity index (χ4n) is 2.29. The smallest absolute Gasteiger partial charge is 0.152 e. The van der Waals surface area contributed by atoms with Gasteiger partial charge in [-0.1, -0.05) is 12.1 Å². The van der Waals surface area contributed by atoms with E-state index in [1.54, 1.807) is 17.2 Å². The van der Waals surface area contributed by atoms with E-state index in [0.29, 0.717) is 13.0 Å². The van der Waals surface area contributed by atoms with Crippen molar-refractivity contribution in [2.45, 2.75) is 19.4 Å². The molecule has 1 aromatic carbocycles. The molecule has 5 nitrogen and oxygen atoms in total. The molecule has 0 aliphatic heterocycles. The van der Waals surface area contributed by atoms with Gasteiger partial charge in [0.2, 0.25) is 0 Å². The maximum Gasteiger partial charge on any atom is 0.152 e. The highest BCUT2D eigenvalue weighted by Crippen LogP contribution is 2.12. The molecule has 0 amide bonds. The number of carbonyl (C=O) groups is 1. The molecule has 0 fully saturated rings. The minimum atomic E-state index is 0.206. The van der Waals surface area contributed by atoms with E-state index in [9.17, 15) is 4.79 Å². The molecule has 0 aliphatic carbocycles. The number of ketones is 1. The lowest BCUT2D eigenvalue weighted by molar-refractivity contribution is -0.119. The molecule has 0 saturated carbocycles. The lowest BCUT2D eigenvalue weighted by Crippen LogP contribution is -2.09. The largest absolute Gasteiger partial charge is 0.323 e. The van der Waals surface area contributed by atoms with Crippen LogP contribution in [0.5, 0.6) is 0 Å². The maximum atomic E-state index is 12.1. The van der Waals surface area contributed by atoms with E-state index in [2.05, 4.69) is 10.1 Å². The number of benzene rings is 1. The van der Waals surface area contributed by atoms with Gasteiger partial charge in [-0.15, -0.1) is 0 Å². The molecule has 3 aromatic rings. The molecule has 0 saturated heterocycles. The van der Waals surface area contributed by atoms with Crippen molar-refractivity contribution in [3.8, 4) is 0 Å². The molecule has 5 heteroatoms. The number of para-hydroxylation sites is 2. The normalized spacial score (nSPS) is 11.1. The second kappa shape index (κ2) is 5.28. The third-order valence-corrected chi connectivity index (χ3v) is 3.32. The topological polar surface area (TPSA) is 52.7 Å². The lowest BCUT2D eigenvalue weighted by atomic mass is 10.1. The van der Waals surface area contributed by atoms with Gasteiger partial charge in [-0.05, 0) is 24.1 Å². The fraction of sp³-hybridized carbons (Fsp3) is 0.267. The van der Waals surface area contributed by atoms with Crippen molar-refractivity contribution in [2.24, 2.45) is 7.05 Å². The Balaban J connectivity index is 1.64. The van der Waals surface area contributed by atoms with Gasteiger partial charge in [-0.25, -0.2) is 4.98 Å². The molecular weight excluding hydrogens is 252 g/mol. The van der Waals surface area contributed by atoms with Gasteiger partial charge in [0.15, 0.2) is 5.78 Å². The molecule has 0 unspecified atom stereocenters. The molecule has 3 rings (SSSR count). The van der Waals surface area contributed by atoms with Crippen LogP contribution in [-0.4, -0.2) is 25.1 Å². The van der Waals surface area contributed by atoms with Crippen LogP contribution in [0.3, 0.4) is 0 Å². The Bertz CT molecular complexity index is 741. The van der Waals surface area contributed by atoms with Gasteiger partial charge in [-0.3, -0.25) is 9.48 Å². The fourth-order valence-corrected chi connectivity index (χ4v) is 2.29. The molecule has 0 radical (unpaired) electrons. The molecule has 0 atom stereocenters. The standard InChI is InChI=1S/C15H16N4O/c1-18-9-12(8-17-18)6-7-13(20)10-19-11-16-14-4-2-3-5-15(14)19/h2-5,8-9,11H,6-7,10H2,1H3. The number of aryl methyl sites for hydroxylation is 2. The van der Waals surface area contributed by atoms with Gasteiger partial charge >= 0.3 is 0 Å². The van der Waals surface area contributed by atoms with E-state index in [4.69, 9.17) is 0 Å². The number of hydrogen-bond acceptors (Lipinski definition) is 3. The Hall–Kier alpha value is -2.43. The van der Waals surface area contributed by atoms with Crippen molar-refractivity contribution in [1.29, 1.82) is 0 Å². The van der Waals surface area contributed by atoms with Crippen LogP contribution in [0.15, 0.2) is 43.0 Å². The Morgan fingerprint density at radius 3 is 2.95 bits per heavy atom. The predicted molar refractivity (Wildman–Crippen MR) is 76.3 cm³/mol. The quantitative estimate of drug-likeness (QED) is 0.711. The van der Waals surface area contributed by atoms with Crippen LogP contribution in [-0.2, 0) is 24.8 Å². The van der Waals surface area contributed by atoms with Crippen LogP contribution in [0.4, 0.5) is 0 Å². The number of imidazole rings is 1. The SMILES string of the molecule is Cn1cc(CCC(=O)Cn2cnc3ccccc32)cn1. The van der Waals surface area contributed by atoms with Crippen molar-refractivity contribution in [3.63, 3.8) is 0 Å². The maximum absolute atomic E-state index is 12.1. The van der Waals surface area contributed by atoms with E-state index in [-0.39, 0.29) is 5.78 Å². The van der Waals surface area contributed by atoms with Gasteiger partial charge in [0.25, 0.3) is 0 Å². The Morgan fingerprint density at radius 1 is 1.30 bits per heavy atom. The van der Waals surface area contributed by atoms with Crippen molar-refractivity contribution >= 4 is 16.8 Å². The first-order chi connectivity index (χ1) is 9.72. The average molecular weight is 268 g/mol. The Morgan fingerprint density at radius 2 is 2.15 bits per heavy atom. The van der Waals surface area contributed by atoms with Crippen LogP contribution < -0.4 is 0 Å². The first-order valence-corrected chi connectivity index (χ1v) is 6.61. The number of rotatable bonds is 5. The zero-order valence-corrected chi connectivity index (χ0v) is 11.4. The second-order valence-corrected chi connectivity index (χ2v) is 4.92. The second-order valence-electron chi connectivity index (χ2n) is 4.92. The number of nitrogens with zero attached hydrogens (tertiary/aromatic N) is 4. The van der Waals surface area contributed by atoms with Gasteiger partial charge in [-0.2, -0.15) is 5.10 Å². The molecule has 20 heavy (non-hydrogen) atoms. The van der Waals surface area contributed by atoms with Gasteiger partial charge in [0.05, 0.1) is 30.1 Å². The summed E-state index contributed by atoms with van der Waals surface area (Å²) in [7, 11) is 1.88. The van der Waals surface area contributed by atoms with Gasteiger partial charge in [0.1, 0.15) is 0 Å². The van der Waals surface area contributed by atoms with Crippen molar-refractivity contribution < 1.29 is 4.79 Å². The molecule has 0 spiro atoms. The zero-order chi connectivity index (χ0) is 13.9. The van der Waals surface area contributed by atoms with E-state index in [0.717, 1.165) is 23.0 Å². The summed E-state index contributed by atoms with van der Waals surface area (Å²) in [4.78, 5) is 16.3. The van der Waals surface area contributed by atoms with Crippen LogP contribution >= 0.6 is 0 Å². The van der Waals surface area contributed by atoms with Crippen LogP contribution in [0.25, 0.3) is 11.0 Å². The minimum absolute atomic E-state index is 0.206. The van der Waals surface area contributed by atoms with Crippen LogP contribution in [0.1, 0.15) is 12.0 Å². The lowest BCUT2D eigenvalue weighted by Gasteiger charge is -2.03. The highest BCUT2D eigenvalue weighted by atomic mass is 16.1. The first kappa shape index (κ1) is 12.6. The summed E-state index contributed by atoms with van der Waals surface area (Å²) >= 11 is 0. The summed E-state index contributed by atoms with van der Waals surface area (Å²) in [6.07, 6.45) is 6.74. The number of aromatic nitrogens is 4. The van der Waals surface area contributed by atoms with E-state index < -0.39 is 0 Å². The van der Waals surface area contributed by atoms with E-state index in [1.165, 1.54) is 0 Å². The first-order valence-electron chi connectivity index (χ1n) is 6.61. The van der Waals surface area contributed by atoms with E-state index in [1.807, 2.05) is 42.1 Å². The van der Waals surface area contributed by atoms with Gasteiger partial charge < -0.3 is 4.57 Å². The summed E-state index contributed by atoms with van der Waals surface area (Å²) < 4.78 is 3.66. The third kappa shape index (κ3) is 2.61. The third-order valence-electron chi connectivity index (χ3n) is 3.32. The molecule has 0 bridgehead atoms. The monoisotopic (exact) mass is 268 g/mol. The summed E-state index contributed by atoms with van der Waals surface area (Å²) in [5, 5.41) is 4.10. The van der Waals surface area contributed by atoms with Crippen molar-refractivity contribution in [2.75, 3.05) is 0 Å². The molecule has 102 valence electrons. The summed E-state index contributed by atoms with van der Waals surface area (Å²) in [5.41, 5.74) is 3.02. The highest BCUT2D eigenvalue weighted by molar-refractivity contribution is 5.81. The molecule has 2 aromatic heterocycles. The Labute approximate surface area is 116 Å². The number of Topliss-reactive ketones (excluding diaryl/α,β-unsaturated/α-hetero) is 1. The minimum Gasteiger partial charge on any atom is -0.323 e. The number of carbonyl (C=O) groups excluding carboxylic acids is 1. The van der Waals surface area contributed by atoms with Gasteiger partial charge in [0, 0.05) is 19.7 Å². The zero-order valence-electron chi connectivity index (χ0n) is 11.4. The number of hydrogen-bond donors (Lipinski definition) is 0. The van der Waals surface area contributed by atoms with Crippen LogP contribution in [0, 0.1) is 0 Å². The molecule has 0 aliphatic rings. The Kier molecular flexibility index (Phi) is 3.33. The van der Waals surface area contributed by atoms with Crippen LogP contribution in [0.2, 0.25) is 0 Å².